The molecule has 3 heteroatoms. The molecule has 1 N–H and O–H groups in total. The lowest BCUT2D eigenvalue weighted by Crippen LogP contribution is -2.39. The molecule has 3 atom stereocenters. The van der Waals surface area contributed by atoms with Gasteiger partial charge in [-0.05, 0) is 34.9 Å². The van der Waals surface area contributed by atoms with Gasteiger partial charge in [-0.1, -0.05) is 78.3 Å². The monoisotopic (exact) mass is 400 g/mol. The molecule has 146 valence electrons. The van der Waals surface area contributed by atoms with Gasteiger partial charge in [-0.25, -0.2) is 0 Å². The summed E-state index contributed by atoms with van der Waals surface area (Å²) in [5.41, 5.74) is 5.09. The van der Waals surface area contributed by atoms with Gasteiger partial charge in [-0.3, -0.25) is 4.90 Å². The number of halogens is 1. The molecule has 0 bridgehead atoms. The average Bonchev–Trinajstić information content (AvgIpc) is 3.28. The van der Waals surface area contributed by atoms with Crippen molar-refractivity contribution in [2.45, 2.75) is 18.0 Å². The van der Waals surface area contributed by atoms with E-state index in [0.717, 1.165) is 24.7 Å². The maximum absolute atomic E-state index is 6.47. The van der Waals surface area contributed by atoms with Crippen molar-refractivity contribution < 1.29 is 0 Å². The van der Waals surface area contributed by atoms with Crippen LogP contribution in [0.2, 0.25) is 5.02 Å². The van der Waals surface area contributed by atoms with Crippen molar-refractivity contribution in [1.29, 1.82) is 0 Å². The number of nitrogens with one attached hydrogen (secondary N) is 1. The van der Waals surface area contributed by atoms with E-state index in [0.29, 0.717) is 5.92 Å². The second-order valence-electron chi connectivity index (χ2n) is 8.22. The van der Waals surface area contributed by atoms with Gasteiger partial charge in [0, 0.05) is 41.7 Å². The summed E-state index contributed by atoms with van der Waals surface area (Å²) in [5.74, 6) is 0.337. The third-order valence-electron chi connectivity index (χ3n) is 6.57. The SMILES string of the molecule is C=C[C@H]1CN(Cc2ccccc2)C[C@]12c1cc(Cl)ccc1N[C@H]2c1ccccc1. The van der Waals surface area contributed by atoms with Crippen LogP contribution in [0.3, 0.4) is 0 Å². The summed E-state index contributed by atoms with van der Waals surface area (Å²) in [5, 5.41) is 4.62. The molecule has 2 heterocycles. The summed E-state index contributed by atoms with van der Waals surface area (Å²) in [4.78, 5) is 2.56. The van der Waals surface area contributed by atoms with E-state index in [1.165, 1.54) is 22.4 Å². The molecule has 0 aliphatic carbocycles. The topological polar surface area (TPSA) is 15.3 Å². The van der Waals surface area contributed by atoms with Crippen LogP contribution in [-0.4, -0.2) is 18.0 Å². The van der Waals surface area contributed by atoms with E-state index in [1.807, 2.05) is 6.07 Å². The van der Waals surface area contributed by atoms with Crippen molar-refractivity contribution in [3.05, 3.63) is 113 Å². The van der Waals surface area contributed by atoms with Crippen LogP contribution in [0.1, 0.15) is 22.7 Å². The Bertz CT molecular complexity index is 1020. The molecule has 2 aliphatic heterocycles. The van der Waals surface area contributed by atoms with Gasteiger partial charge in [-0.15, -0.1) is 6.58 Å². The van der Waals surface area contributed by atoms with Gasteiger partial charge < -0.3 is 5.32 Å². The van der Waals surface area contributed by atoms with Crippen LogP contribution in [-0.2, 0) is 12.0 Å². The molecule has 3 aromatic rings. The van der Waals surface area contributed by atoms with Gasteiger partial charge in [0.05, 0.1) is 6.04 Å². The summed E-state index contributed by atoms with van der Waals surface area (Å²) < 4.78 is 0. The van der Waals surface area contributed by atoms with E-state index in [2.05, 4.69) is 95.7 Å². The van der Waals surface area contributed by atoms with E-state index in [4.69, 9.17) is 11.6 Å². The van der Waals surface area contributed by atoms with Gasteiger partial charge in [-0.2, -0.15) is 0 Å². The zero-order valence-corrected chi connectivity index (χ0v) is 17.1. The first-order valence-corrected chi connectivity index (χ1v) is 10.6. The molecule has 2 aliphatic rings. The van der Waals surface area contributed by atoms with Crippen molar-refractivity contribution >= 4 is 17.3 Å². The maximum atomic E-state index is 6.47. The van der Waals surface area contributed by atoms with Crippen LogP contribution in [0.15, 0.2) is 91.5 Å². The predicted molar refractivity (Wildman–Crippen MR) is 121 cm³/mol. The lowest BCUT2D eigenvalue weighted by atomic mass is 9.67. The Morgan fingerprint density at radius 2 is 1.76 bits per heavy atom. The van der Waals surface area contributed by atoms with Crippen LogP contribution in [0.4, 0.5) is 5.69 Å². The Kier molecular flexibility index (Phi) is 4.69. The quantitative estimate of drug-likeness (QED) is 0.535. The average molecular weight is 401 g/mol. The van der Waals surface area contributed by atoms with E-state index in [-0.39, 0.29) is 11.5 Å². The number of hydrogen-bond acceptors (Lipinski definition) is 2. The molecule has 29 heavy (non-hydrogen) atoms. The van der Waals surface area contributed by atoms with Gasteiger partial charge >= 0.3 is 0 Å². The van der Waals surface area contributed by atoms with Gasteiger partial charge in [0.2, 0.25) is 0 Å². The third-order valence-corrected chi connectivity index (χ3v) is 6.80. The summed E-state index contributed by atoms with van der Waals surface area (Å²) in [6, 6.07) is 28.0. The maximum Gasteiger partial charge on any atom is 0.0629 e. The number of likely N-dealkylation sites (tertiary alicyclic amines) is 1. The molecule has 0 amide bonds. The Hall–Kier alpha value is -2.55. The van der Waals surface area contributed by atoms with Crippen molar-refractivity contribution in [2.24, 2.45) is 5.92 Å². The molecule has 0 unspecified atom stereocenters. The van der Waals surface area contributed by atoms with Crippen molar-refractivity contribution in [1.82, 2.24) is 4.90 Å². The highest BCUT2D eigenvalue weighted by molar-refractivity contribution is 6.30. The molecule has 1 spiro atoms. The zero-order valence-electron chi connectivity index (χ0n) is 16.4. The lowest BCUT2D eigenvalue weighted by molar-refractivity contribution is 0.292. The molecular formula is C26H25ClN2. The van der Waals surface area contributed by atoms with Gasteiger partial charge in [0.25, 0.3) is 0 Å². The second-order valence-corrected chi connectivity index (χ2v) is 8.65. The van der Waals surface area contributed by atoms with Crippen LogP contribution in [0, 0.1) is 5.92 Å². The largest absolute Gasteiger partial charge is 0.377 e. The molecule has 0 saturated carbocycles. The Labute approximate surface area is 177 Å². The van der Waals surface area contributed by atoms with Crippen molar-refractivity contribution in [2.75, 3.05) is 18.4 Å². The minimum absolute atomic E-state index is 0.0852. The first-order chi connectivity index (χ1) is 14.2. The van der Waals surface area contributed by atoms with Crippen molar-refractivity contribution in [3.8, 4) is 0 Å². The molecule has 3 aromatic carbocycles. The highest BCUT2D eigenvalue weighted by atomic mass is 35.5. The molecule has 0 aromatic heterocycles. The Morgan fingerprint density at radius 3 is 2.48 bits per heavy atom. The first kappa shape index (κ1) is 18.5. The third kappa shape index (κ3) is 3.08. The standard InChI is InChI=1S/C26H25ClN2/c1-2-21-17-29(16-19-9-5-3-6-10-19)18-26(21)23-15-22(27)13-14-24(23)28-25(26)20-11-7-4-8-12-20/h2-15,21,25,28H,1,16-18H2/t21-,25-,26+/m0/s1. The molecule has 1 saturated heterocycles. The molecular weight excluding hydrogens is 376 g/mol. The van der Waals surface area contributed by atoms with E-state index >= 15 is 0 Å². The van der Waals surface area contributed by atoms with Crippen LogP contribution < -0.4 is 5.32 Å². The summed E-state index contributed by atoms with van der Waals surface area (Å²) in [7, 11) is 0. The fourth-order valence-corrected chi connectivity index (χ4v) is 5.50. The summed E-state index contributed by atoms with van der Waals surface area (Å²) in [6.07, 6.45) is 2.15. The lowest BCUT2D eigenvalue weighted by Gasteiger charge is -2.36. The minimum atomic E-state index is -0.0852. The molecule has 5 rings (SSSR count). The number of benzene rings is 3. The van der Waals surface area contributed by atoms with Gasteiger partial charge in [0.15, 0.2) is 0 Å². The van der Waals surface area contributed by atoms with Crippen molar-refractivity contribution in [3.63, 3.8) is 0 Å². The van der Waals surface area contributed by atoms with Crippen LogP contribution >= 0.6 is 11.6 Å². The highest BCUT2D eigenvalue weighted by Gasteiger charge is 2.56. The number of anilines is 1. The number of hydrogen-bond donors (Lipinski definition) is 1. The smallest absolute Gasteiger partial charge is 0.0629 e. The summed E-state index contributed by atoms with van der Waals surface area (Å²) >= 11 is 6.47. The molecule has 0 radical (unpaired) electrons. The second kappa shape index (κ2) is 7.37. The normalized spacial score (nSPS) is 25.7. The zero-order chi connectivity index (χ0) is 19.8. The Balaban J connectivity index is 1.60. The number of rotatable bonds is 4. The van der Waals surface area contributed by atoms with Gasteiger partial charge in [0.1, 0.15) is 0 Å². The predicted octanol–water partition coefficient (Wildman–Crippen LogP) is 6.06. The Morgan fingerprint density at radius 1 is 1.03 bits per heavy atom. The van der Waals surface area contributed by atoms with E-state index < -0.39 is 0 Å². The molecule has 2 nitrogen and oxygen atoms in total. The number of nitrogens with zero attached hydrogens (tertiary/aromatic N) is 1. The molecule has 1 fully saturated rings. The van der Waals surface area contributed by atoms with Crippen LogP contribution in [0.5, 0.6) is 0 Å². The first-order valence-electron chi connectivity index (χ1n) is 10.2. The fourth-order valence-electron chi connectivity index (χ4n) is 5.32. The van der Waals surface area contributed by atoms with E-state index in [9.17, 15) is 0 Å². The van der Waals surface area contributed by atoms with Crippen LogP contribution in [0.25, 0.3) is 0 Å². The highest BCUT2D eigenvalue weighted by Crippen LogP contribution is 2.57. The summed E-state index contributed by atoms with van der Waals surface area (Å²) in [6.45, 7) is 7.15. The fraction of sp³-hybridized carbons (Fsp3) is 0.231. The van der Waals surface area contributed by atoms with E-state index in [1.54, 1.807) is 0 Å². The minimum Gasteiger partial charge on any atom is -0.377 e. The number of fused-ring (bicyclic) bond motifs is 2.